The van der Waals surface area contributed by atoms with Crippen molar-refractivity contribution in [2.24, 2.45) is 0 Å². The predicted octanol–water partition coefficient (Wildman–Crippen LogP) is 7.99. The summed E-state index contributed by atoms with van der Waals surface area (Å²) in [4.78, 5) is 13.4. The molecule has 17 unspecified atom stereocenters. The average Bonchev–Trinajstić information content (AvgIpc) is 1.89. The first kappa shape index (κ1) is 77.7. The number of unbranched alkanes of at least 4 members (excludes halogenated alkanes) is 24. The van der Waals surface area contributed by atoms with Gasteiger partial charge in [-0.15, -0.1) is 0 Å². The van der Waals surface area contributed by atoms with Crippen LogP contribution in [-0.4, -0.2) is 193 Å². The summed E-state index contributed by atoms with van der Waals surface area (Å²) in [7, 11) is 0. The SMILES string of the molecule is CC/C=C\C/C=C\C/C=C\C/C=C\C/C=C\CCCCCCCCCCCCCCCCCC(=O)NC(COC1OC(CO)C(OC2OC(CO)C(OC3OC(CO)C(O)C(O)C3O)C(O)C2O)C(O)C1O)C(O)CCCCCCCCCCCC. The number of hydrogen-bond acceptors (Lipinski definition) is 18. The molecule has 3 rings (SSSR count). The molecule has 19 heteroatoms. The van der Waals surface area contributed by atoms with E-state index in [1.165, 1.54) is 116 Å². The Morgan fingerprint density at radius 3 is 1.26 bits per heavy atom. The maximum Gasteiger partial charge on any atom is 0.220 e. The van der Waals surface area contributed by atoms with Crippen LogP contribution < -0.4 is 5.32 Å². The van der Waals surface area contributed by atoms with E-state index in [-0.39, 0.29) is 18.9 Å². The number of carbonyl (C=O) groups is 1. The smallest absolute Gasteiger partial charge is 0.220 e. The van der Waals surface area contributed by atoms with Gasteiger partial charge in [0.25, 0.3) is 0 Å². The average molecular weight is 1230 g/mol. The van der Waals surface area contributed by atoms with Gasteiger partial charge in [-0.05, 0) is 57.8 Å². The largest absolute Gasteiger partial charge is 0.394 e. The highest BCUT2D eigenvalue weighted by atomic mass is 16.8. The quantitative estimate of drug-likeness (QED) is 0.0203. The van der Waals surface area contributed by atoms with Gasteiger partial charge in [0.15, 0.2) is 18.9 Å². The van der Waals surface area contributed by atoms with Crippen molar-refractivity contribution in [2.75, 3.05) is 26.4 Å². The first-order chi connectivity index (χ1) is 41.8. The lowest BCUT2D eigenvalue weighted by Crippen LogP contribution is -2.66. The number of amides is 1. The van der Waals surface area contributed by atoms with E-state index in [2.05, 4.69) is 79.9 Å². The molecule has 0 aromatic carbocycles. The second-order valence-electron chi connectivity index (χ2n) is 23.9. The molecule has 0 aromatic rings. The Morgan fingerprint density at radius 1 is 0.430 bits per heavy atom. The van der Waals surface area contributed by atoms with Gasteiger partial charge in [0.2, 0.25) is 5.91 Å². The minimum absolute atomic E-state index is 0.246. The van der Waals surface area contributed by atoms with E-state index in [9.17, 15) is 61.0 Å². The van der Waals surface area contributed by atoms with Crippen molar-refractivity contribution in [1.82, 2.24) is 5.32 Å². The van der Waals surface area contributed by atoms with Crippen LogP contribution in [0.4, 0.5) is 0 Å². The number of ether oxygens (including phenoxy) is 6. The van der Waals surface area contributed by atoms with Gasteiger partial charge < -0.3 is 89.9 Å². The van der Waals surface area contributed by atoms with Crippen LogP contribution in [0.5, 0.6) is 0 Å². The summed E-state index contributed by atoms with van der Waals surface area (Å²) in [6.45, 7) is 1.65. The second-order valence-corrected chi connectivity index (χ2v) is 23.9. The van der Waals surface area contributed by atoms with Crippen molar-refractivity contribution < 1.29 is 89.4 Å². The number of aliphatic hydroxyl groups is 11. The molecule has 0 radical (unpaired) electrons. The lowest BCUT2D eigenvalue weighted by molar-refractivity contribution is -0.379. The van der Waals surface area contributed by atoms with Crippen LogP contribution in [0.15, 0.2) is 60.8 Å². The third kappa shape index (κ3) is 31.5. The van der Waals surface area contributed by atoms with Crippen molar-refractivity contribution in [3.63, 3.8) is 0 Å². The number of rotatable bonds is 50. The van der Waals surface area contributed by atoms with Gasteiger partial charge in [-0.1, -0.05) is 222 Å². The van der Waals surface area contributed by atoms with E-state index in [0.717, 1.165) is 77.0 Å². The van der Waals surface area contributed by atoms with Gasteiger partial charge in [-0.2, -0.15) is 0 Å². The molecule has 0 spiro atoms. The molecule has 3 heterocycles. The fourth-order valence-electron chi connectivity index (χ4n) is 11.2. The van der Waals surface area contributed by atoms with Crippen LogP contribution in [0, 0.1) is 0 Å². The molecule has 3 saturated heterocycles. The van der Waals surface area contributed by atoms with E-state index in [0.29, 0.717) is 12.8 Å². The van der Waals surface area contributed by atoms with Crippen LogP contribution in [0.1, 0.15) is 226 Å². The van der Waals surface area contributed by atoms with Crippen LogP contribution in [0.3, 0.4) is 0 Å². The highest BCUT2D eigenvalue weighted by Gasteiger charge is 2.53. The summed E-state index contributed by atoms with van der Waals surface area (Å²) in [5, 5.41) is 120. The van der Waals surface area contributed by atoms with E-state index < -0.39 is 124 Å². The molecule has 17 atom stereocenters. The summed E-state index contributed by atoms with van der Waals surface area (Å²) < 4.78 is 34.3. The Labute approximate surface area is 515 Å². The first-order valence-electron chi connectivity index (χ1n) is 33.5. The van der Waals surface area contributed by atoms with Crippen molar-refractivity contribution >= 4 is 5.91 Å². The fourth-order valence-corrected chi connectivity index (χ4v) is 11.2. The molecule has 19 nitrogen and oxygen atoms in total. The van der Waals surface area contributed by atoms with Crippen LogP contribution >= 0.6 is 0 Å². The van der Waals surface area contributed by atoms with Crippen LogP contribution in [0.25, 0.3) is 0 Å². The van der Waals surface area contributed by atoms with E-state index >= 15 is 0 Å². The lowest BCUT2D eigenvalue weighted by atomic mass is 9.96. The van der Waals surface area contributed by atoms with Gasteiger partial charge in [-0.3, -0.25) is 4.79 Å². The van der Waals surface area contributed by atoms with Crippen LogP contribution in [-0.2, 0) is 33.2 Å². The molecule has 1 amide bonds. The van der Waals surface area contributed by atoms with Gasteiger partial charge in [0, 0.05) is 6.42 Å². The third-order valence-electron chi connectivity index (χ3n) is 16.6. The summed E-state index contributed by atoms with van der Waals surface area (Å²) in [5.74, 6) is -0.246. The molecule has 0 bridgehead atoms. The van der Waals surface area contributed by atoms with Crippen LogP contribution in [0.2, 0.25) is 0 Å². The van der Waals surface area contributed by atoms with Crippen molar-refractivity contribution in [3.05, 3.63) is 60.8 Å². The molecule has 12 N–H and O–H groups in total. The summed E-state index contributed by atoms with van der Waals surface area (Å²) in [6, 6.07) is -0.887. The van der Waals surface area contributed by atoms with Gasteiger partial charge in [0.05, 0.1) is 38.6 Å². The highest BCUT2D eigenvalue weighted by molar-refractivity contribution is 5.76. The standard InChI is InChI=1S/C67H119NO18/c1-3-5-7-9-11-13-15-16-17-18-19-20-21-22-23-24-25-26-27-28-29-30-31-32-33-34-35-37-39-41-43-45-55(73)68-50(51(72)44-42-40-38-36-14-12-10-8-6-4-2)49-81-65-61(79)58(76)63(53(47-70)83-65)86-67-62(80)59(77)64(54(48-71)84-67)85-66-60(78)57(75)56(74)52(46-69)82-66/h5,7,11,13,16-17,19-20,22-23,50-54,56-67,69-72,74-80H,3-4,6,8-10,12,14-15,18,21,24-49H2,1-2H3,(H,68,73)/b7-5-,13-11-,17-16-,20-19-,23-22-. The Hall–Kier alpha value is -2.51. The number of aliphatic hydroxyl groups excluding tert-OH is 11. The van der Waals surface area contributed by atoms with Gasteiger partial charge in [-0.25, -0.2) is 0 Å². The van der Waals surface area contributed by atoms with Crippen molar-refractivity contribution in [2.45, 2.75) is 330 Å². The molecule has 86 heavy (non-hydrogen) atoms. The lowest BCUT2D eigenvalue weighted by Gasteiger charge is -2.48. The normalized spacial score (nSPS) is 29.2. The highest BCUT2D eigenvalue weighted by Crippen LogP contribution is 2.33. The maximum atomic E-state index is 13.4. The Kier molecular flexibility index (Phi) is 44.5. The zero-order valence-corrected chi connectivity index (χ0v) is 52.5. The maximum absolute atomic E-state index is 13.4. The Bertz CT molecular complexity index is 1800. The first-order valence-corrected chi connectivity index (χ1v) is 33.5. The molecule has 0 aliphatic carbocycles. The molecule has 0 saturated carbocycles. The minimum atomic E-state index is -1.97. The molecule has 3 aliphatic rings. The summed E-state index contributed by atoms with van der Waals surface area (Å²) >= 11 is 0. The zero-order chi connectivity index (χ0) is 62.6. The van der Waals surface area contributed by atoms with Crippen molar-refractivity contribution in [3.8, 4) is 0 Å². The number of nitrogens with one attached hydrogen (secondary N) is 1. The molecular formula is C67H119NO18. The number of carbonyl (C=O) groups excluding carboxylic acids is 1. The molecule has 500 valence electrons. The monoisotopic (exact) mass is 1230 g/mol. The van der Waals surface area contributed by atoms with E-state index in [1.807, 2.05) is 0 Å². The number of hydrogen-bond donors (Lipinski definition) is 12. The minimum Gasteiger partial charge on any atom is -0.394 e. The molecule has 3 fully saturated rings. The topological polar surface area (TPSA) is 307 Å². The summed E-state index contributed by atoms with van der Waals surface area (Å²) in [5.41, 5.74) is 0. The predicted molar refractivity (Wildman–Crippen MR) is 332 cm³/mol. The Morgan fingerprint density at radius 2 is 0.802 bits per heavy atom. The fraction of sp³-hybridized carbons (Fsp3) is 0.836. The van der Waals surface area contributed by atoms with E-state index in [4.69, 9.17) is 28.4 Å². The Balaban J connectivity index is 1.35. The van der Waals surface area contributed by atoms with E-state index in [1.54, 1.807) is 0 Å². The third-order valence-corrected chi connectivity index (χ3v) is 16.6. The zero-order valence-electron chi connectivity index (χ0n) is 52.5. The van der Waals surface area contributed by atoms with Gasteiger partial charge >= 0.3 is 0 Å². The number of allylic oxidation sites excluding steroid dienone is 10. The second kappa shape index (κ2) is 49.2. The molecular weight excluding hydrogens is 1110 g/mol. The molecule has 0 aromatic heterocycles. The van der Waals surface area contributed by atoms with Gasteiger partial charge in [0.1, 0.15) is 73.2 Å². The van der Waals surface area contributed by atoms with Crippen molar-refractivity contribution in [1.29, 1.82) is 0 Å². The summed E-state index contributed by atoms with van der Waals surface area (Å²) in [6.07, 6.45) is 31.8. The molecule has 3 aliphatic heterocycles.